The van der Waals surface area contributed by atoms with Gasteiger partial charge in [0, 0.05) is 6.54 Å². The normalized spacial score (nSPS) is 11.3. The van der Waals surface area contributed by atoms with Crippen LogP contribution in [0.25, 0.3) is 0 Å². The smallest absolute Gasteiger partial charge is 0.349 e. The minimum atomic E-state index is -0.329. The summed E-state index contributed by atoms with van der Waals surface area (Å²) in [6, 6.07) is 0. The molecule has 0 saturated carbocycles. The first-order valence-corrected chi connectivity index (χ1v) is 7.05. The van der Waals surface area contributed by atoms with Gasteiger partial charge in [-0.15, -0.1) is 0 Å². The Bertz CT molecular complexity index is 380. The number of nitrogens with one attached hydrogen (secondary N) is 1. The van der Waals surface area contributed by atoms with Crippen LogP contribution >= 0.6 is 11.3 Å². The Labute approximate surface area is 113 Å². The molecule has 0 bridgehead atoms. The molecule has 0 fully saturated rings. The lowest BCUT2D eigenvalue weighted by Crippen LogP contribution is -2.24. The molecular formula is C13H22N2O2S. The molecule has 0 amide bonds. The van der Waals surface area contributed by atoms with E-state index in [1.54, 1.807) is 6.20 Å². The molecule has 1 rings (SSSR count). The van der Waals surface area contributed by atoms with Gasteiger partial charge in [0.15, 0.2) is 5.13 Å². The van der Waals surface area contributed by atoms with E-state index in [1.807, 2.05) is 0 Å². The van der Waals surface area contributed by atoms with Crippen molar-refractivity contribution in [1.29, 1.82) is 0 Å². The highest BCUT2D eigenvalue weighted by molar-refractivity contribution is 7.17. The van der Waals surface area contributed by atoms with Crippen LogP contribution in [0, 0.1) is 17.8 Å². The van der Waals surface area contributed by atoms with Crippen LogP contribution in [0.15, 0.2) is 6.20 Å². The van der Waals surface area contributed by atoms with Crippen molar-refractivity contribution in [2.45, 2.75) is 27.7 Å². The van der Waals surface area contributed by atoms with E-state index >= 15 is 0 Å². The average molecular weight is 270 g/mol. The van der Waals surface area contributed by atoms with Gasteiger partial charge in [0.2, 0.25) is 0 Å². The van der Waals surface area contributed by atoms with Crippen molar-refractivity contribution < 1.29 is 9.53 Å². The number of thiazole rings is 1. The van der Waals surface area contributed by atoms with E-state index in [4.69, 9.17) is 0 Å². The summed E-state index contributed by atoms with van der Waals surface area (Å²) >= 11 is 1.33. The molecule has 4 nitrogen and oxygen atoms in total. The fourth-order valence-electron chi connectivity index (χ4n) is 2.00. The third kappa shape index (κ3) is 3.98. The molecule has 18 heavy (non-hydrogen) atoms. The molecular weight excluding hydrogens is 248 g/mol. The van der Waals surface area contributed by atoms with Crippen LogP contribution in [-0.4, -0.2) is 24.6 Å². The number of aromatic nitrogens is 1. The van der Waals surface area contributed by atoms with E-state index in [9.17, 15) is 4.79 Å². The molecule has 0 radical (unpaired) electrons. The zero-order chi connectivity index (χ0) is 13.7. The van der Waals surface area contributed by atoms with Crippen molar-refractivity contribution in [3.63, 3.8) is 0 Å². The van der Waals surface area contributed by atoms with E-state index in [0.29, 0.717) is 22.6 Å². The lowest BCUT2D eigenvalue weighted by Gasteiger charge is -2.24. The highest BCUT2D eigenvalue weighted by atomic mass is 32.1. The molecule has 1 heterocycles. The van der Waals surface area contributed by atoms with E-state index in [0.717, 1.165) is 11.7 Å². The van der Waals surface area contributed by atoms with Crippen molar-refractivity contribution >= 4 is 22.4 Å². The maximum atomic E-state index is 11.3. The Morgan fingerprint density at radius 2 is 2.00 bits per heavy atom. The van der Waals surface area contributed by atoms with Gasteiger partial charge in [-0.1, -0.05) is 39.0 Å². The average Bonchev–Trinajstić information content (AvgIpc) is 2.76. The Kier molecular flexibility index (Phi) is 5.59. The van der Waals surface area contributed by atoms with Gasteiger partial charge in [-0.3, -0.25) is 0 Å². The molecule has 0 aliphatic carbocycles. The predicted molar refractivity (Wildman–Crippen MR) is 75.1 cm³/mol. The zero-order valence-electron chi connectivity index (χ0n) is 11.7. The molecule has 1 aromatic heterocycles. The molecule has 0 aliphatic heterocycles. The third-order valence-corrected chi connectivity index (χ3v) is 4.03. The molecule has 1 aromatic rings. The number of rotatable bonds is 6. The van der Waals surface area contributed by atoms with E-state index in [2.05, 4.69) is 42.7 Å². The molecule has 0 aliphatic rings. The number of carbonyl (C=O) groups is 1. The first-order chi connectivity index (χ1) is 8.45. The molecule has 102 valence electrons. The largest absolute Gasteiger partial charge is 0.465 e. The number of esters is 1. The fraction of sp³-hybridized carbons (Fsp3) is 0.692. The molecule has 0 saturated heterocycles. The molecule has 1 N–H and O–H groups in total. The lowest BCUT2D eigenvalue weighted by molar-refractivity contribution is 0.0606. The molecule has 0 atom stereocenters. The quantitative estimate of drug-likeness (QED) is 0.806. The summed E-state index contributed by atoms with van der Waals surface area (Å²) < 4.78 is 4.66. The van der Waals surface area contributed by atoms with Gasteiger partial charge in [-0.05, 0) is 17.8 Å². The van der Waals surface area contributed by atoms with Gasteiger partial charge in [-0.2, -0.15) is 0 Å². The second-order valence-electron chi connectivity index (χ2n) is 5.05. The Morgan fingerprint density at radius 3 is 2.50 bits per heavy atom. The van der Waals surface area contributed by atoms with E-state index in [-0.39, 0.29) is 5.97 Å². The topological polar surface area (TPSA) is 51.2 Å². The number of hydrogen-bond acceptors (Lipinski definition) is 5. The van der Waals surface area contributed by atoms with Crippen LogP contribution in [0.3, 0.4) is 0 Å². The molecule has 0 spiro atoms. The van der Waals surface area contributed by atoms with Crippen LogP contribution in [0.2, 0.25) is 0 Å². The first kappa shape index (κ1) is 15.0. The van der Waals surface area contributed by atoms with Crippen molar-refractivity contribution in [1.82, 2.24) is 4.98 Å². The molecule has 5 heteroatoms. The summed E-state index contributed by atoms with van der Waals surface area (Å²) in [6.45, 7) is 9.80. The van der Waals surface area contributed by atoms with Gasteiger partial charge < -0.3 is 10.1 Å². The first-order valence-electron chi connectivity index (χ1n) is 6.23. The third-order valence-electron chi connectivity index (χ3n) is 3.09. The highest BCUT2D eigenvalue weighted by Gasteiger charge is 2.18. The summed E-state index contributed by atoms with van der Waals surface area (Å²) in [5.41, 5.74) is 0. The van der Waals surface area contributed by atoms with Crippen LogP contribution < -0.4 is 5.32 Å². The van der Waals surface area contributed by atoms with Crippen molar-refractivity contribution in [2.24, 2.45) is 17.8 Å². The van der Waals surface area contributed by atoms with Gasteiger partial charge in [0.05, 0.1) is 13.3 Å². The van der Waals surface area contributed by atoms with E-state index < -0.39 is 0 Å². The van der Waals surface area contributed by atoms with Gasteiger partial charge in [-0.25, -0.2) is 9.78 Å². The van der Waals surface area contributed by atoms with Crippen molar-refractivity contribution in [2.75, 3.05) is 19.0 Å². The molecule has 0 unspecified atom stereocenters. The summed E-state index contributed by atoms with van der Waals surface area (Å²) in [7, 11) is 1.38. The van der Waals surface area contributed by atoms with Crippen molar-refractivity contribution in [3.05, 3.63) is 11.1 Å². The van der Waals surface area contributed by atoms with Gasteiger partial charge in [0.25, 0.3) is 0 Å². The van der Waals surface area contributed by atoms with E-state index in [1.165, 1.54) is 18.4 Å². The van der Waals surface area contributed by atoms with Crippen LogP contribution in [0.5, 0.6) is 0 Å². The van der Waals surface area contributed by atoms with Crippen LogP contribution in [-0.2, 0) is 4.74 Å². The van der Waals surface area contributed by atoms with Crippen LogP contribution in [0.4, 0.5) is 5.13 Å². The number of carbonyl (C=O) groups excluding carboxylic acids is 1. The van der Waals surface area contributed by atoms with Crippen LogP contribution in [0.1, 0.15) is 37.4 Å². The number of methoxy groups -OCH3 is 1. The summed E-state index contributed by atoms with van der Waals surface area (Å²) in [5, 5.41) is 4.09. The minimum Gasteiger partial charge on any atom is -0.465 e. The number of ether oxygens (including phenoxy) is 1. The SMILES string of the molecule is COC(=O)c1cnc(NCC(C(C)C)C(C)C)s1. The Morgan fingerprint density at radius 1 is 1.39 bits per heavy atom. The summed E-state index contributed by atoms with van der Waals surface area (Å²) in [6.07, 6.45) is 1.55. The van der Waals surface area contributed by atoms with Gasteiger partial charge in [0.1, 0.15) is 4.88 Å². The summed E-state index contributed by atoms with van der Waals surface area (Å²) in [4.78, 5) is 16.0. The zero-order valence-corrected chi connectivity index (χ0v) is 12.5. The number of hydrogen-bond donors (Lipinski definition) is 1. The molecule has 0 aromatic carbocycles. The highest BCUT2D eigenvalue weighted by Crippen LogP contribution is 2.23. The lowest BCUT2D eigenvalue weighted by atomic mass is 9.86. The number of nitrogens with zero attached hydrogens (tertiary/aromatic N) is 1. The summed E-state index contributed by atoms with van der Waals surface area (Å²) in [5.74, 6) is 1.51. The Hall–Kier alpha value is -1.10. The number of anilines is 1. The monoisotopic (exact) mass is 270 g/mol. The maximum absolute atomic E-state index is 11.3. The predicted octanol–water partition coefficient (Wildman–Crippen LogP) is 3.27. The fourth-order valence-corrected chi connectivity index (χ4v) is 2.74. The van der Waals surface area contributed by atoms with Gasteiger partial charge >= 0.3 is 5.97 Å². The Balaban J connectivity index is 2.57. The minimum absolute atomic E-state index is 0.329. The standard InChI is InChI=1S/C13H22N2O2S/c1-8(2)10(9(3)4)6-14-13-15-7-11(18-13)12(16)17-5/h7-10H,6H2,1-5H3,(H,14,15). The maximum Gasteiger partial charge on any atom is 0.349 e. The second-order valence-corrected chi connectivity index (χ2v) is 6.08. The van der Waals surface area contributed by atoms with Crippen molar-refractivity contribution in [3.8, 4) is 0 Å². The second kappa shape index (κ2) is 6.73.